The molecule has 0 fully saturated rings. The zero-order chi connectivity index (χ0) is 9.84. The molecule has 0 spiro atoms. The summed E-state index contributed by atoms with van der Waals surface area (Å²) in [6, 6.07) is 5.06. The maximum atomic E-state index is 11.4. The van der Waals surface area contributed by atoms with Crippen LogP contribution in [-0.4, -0.2) is 12.9 Å². The van der Waals surface area contributed by atoms with Crippen molar-refractivity contribution in [2.45, 2.75) is 13.3 Å². The van der Waals surface area contributed by atoms with E-state index in [1.54, 1.807) is 18.2 Å². The van der Waals surface area contributed by atoms with Crippen molar-refractivity contribution in [3.8, 4) is 5.75 Å². The molecule has 0 saturated heterocycles. The molecule has 2 N–H and O–H groups in total. The minimum Gasteiger partial charge on any atom is -0.496 e. The van der Waals surface area contributed by atoms with Gasteiger partial charge in [-0.15, -0.1) is 0 Å². The van der Waals surface area contributed by atoms with E-state index in [1.165, 1.54) is 7.11 Å². The van der Waals surface area contributed by atoms with Crippen molar-refractivity contribution in [3.05, 3.63) is 23.8 Å². The third-order valence-electron chi connectivity index (χ3n) is 1.85. The van der Waals surface area contributed by atoms with E-state index in [9.17, 15) is 4.79 Å². The summed E-state index contributed by atoms with van der Waals surface area (Å²) in [6.45, 7) is 1.81. The lowest BCUT2D eigenvalue weighted by molar-refractivity contribution is 0.0985. The number of nitrogens with two attached hydrogens (primary N) is 1. The van der Waals surface area contributed by atoms with E-state index in [0.717, 1.165) is 0 Å². The van der Waals surface area contributed by atoms with Gasteiger partial charge in [-0.3, -0.25) is 4.79 Å². The molecule has 13 heavy (non-hydrogen) atoms. The Morgan fingerprint density at radius 1 is 1.54 bits per heavy atom. The van der Waals surface area contributed by atoms with E-state index in [4.69, 9.17) is 10.5 Å². The summed E-state index contributed by atoms with van der Waals surface area (Å²) in [5.41, 5.74) is 6.71. The van der Waals surface area contributed by atoms with Gasteiger partial charge in [0.1, 0.15) is 5.75 Å². The van der Waals surface area contributed by atoms with Crippen LogP contribution < -0.4 is 10.5 Å². The topological polar surface area (TPSA) is 52.3 Å². The molecule has 3 heteroatoms. The first-order chi connectivity index (χ1) is 6.19. The van der Waals surface area contributed by atoms with Gasteiger partial charge in [0, 0.05) is 12.1 Å². The quantitative estimate of drug-likeness (QED) is 0.569. The van der Waals surface area contributed by atoms with E-state index in [-0.39, 0.29) is 5.78 Å². The zero-order valence-corrected chi connectivity index (χ0v) is 7.83. The Morgan fingerprint density at radius 2 is 2.23 bits per heavy atom. The molecule has 70 valence electrons. The standard InChI is InChI=1S/C10H13NO2/c1-3-9(12)8-6-7(11)4-5-10(8)13-2/h4-6H,3,11H2,1-2H3. The molecule has 0 amide bonds. The number of anilines is 1. The van der Waals surface area contributed by atoms with Crippen LogP contribution in [0, 0.1) is 0 Å². The molecule has 0 aliphatic rings. The highest BCUT2D eigenvalue weighted by atomic mass is 16.5. The molecule has 1 aromatic carbocycles. The fourth-order valence-electron chi connectivity index (χ4n) is 1.13. The average Bonchev–Trinajstić information content (AvgIpc) is 2.16. The van der Waals surface area contributed by atoms with Gasteiger partial charge in [0.05, 0.1) is 12.7 Å². The Hall–Kier alpha value is -1.51. The third kappa shape index (κ3) is 1.99. The van der Waals surface area contributed by atoms with E-state index < -0.39 is 0 Å². The van der Waals surface area contributed by atoms with Crippen LogP contribution in [-0.2, 0) is 0 Å². The van der Waals surface area contributed by atoms with Crippen LogP contribution in [0.25, 0.3) is 0 Å². The Morgan fingerprint density at radius 3 is 2.77 bits per heavy atom. The normalized spacial score (nSPS) is 9.69. The number of nitrogen functional groups attached to an aromatic ring is 1. The smallest absolute Gasteiger partial charge is 0.166 e. The van der Waals surface area contributed by atoms with E-state index in [1.807, 2.05) is 6.92 Å². The molecular weight excluding hydrogens is 166 g/mol. The zero-order valence-electron chi connectivity index (χ0n) is 7.83. The lowest BCUT2D eigenvalue weighted by atomic mass is 10.1. The number of benzene rings is 1. The minimum absolute atomic E-state index is 0.0455. The van der Waals surface area contributed by atoms with Gasteiger partial charge in [-0.1, -0.05) is 6.92 Å². The van der Waals surface area contributed by atoms with Crippen LogP contribution in [0.5, 0.6) is 5.75 Å². The second-order valence-corrected chi connectivity index (χ2v) is 2.74. The number of rotatable bonds is 3. The van der Waals surface area contributed by atoms with Crippen molar-refractivity contribution in [3.63, 3.8) is 0 Å². The van der Waals surface area contributed by atoms with Crippen molar-refractivity contribution in [2.24, 2.45) is 0 Å². The summed E-state index contributed by atoms with van der Waals surface area (Å²) in [7, 11) is 1.54. The van der Waals surface area contributed by atoms with E-state index >= 15 is 0 Å². The summed E-state index contributed by atoms with van der Waals surface area (Å²) >= 11 is 0. The number of carbonyl (C=O) groups is 1. The molecule has 1 rings (SSSR count). The molecule has 0 atom stereocenters. The molecule has 0 heterocycles. The second-order valence-electron chi connectivity index (χ2n) is 2.74. The van der Waals surface area contributed by atoms with Crippen LogP contribution in [0.1, 0.15) is 23.7 Å². The van der Waals surface area contributed by atoms with Gasteiger partial charge in [0.15, 0.2) is 5.78 Å². The largest absolute Gasteiger partial charge is 0.496 e. The maximum absolute atomic E-state index is 11.4. The van der Waals surface area contributed by atoms with Crippen LogP contribution in [0.4, 0.5) is 5.69 Å². The lowest BCUT2D eigenvalue weighted by Gasteiger charge is -2.06. The summed E-state index contributed by atoms with van der Waals surface area (Å²) in [5, 5.41) is 0. The van der Waals surface area contributed by atoms with Gasteiger partial charge in [-0.2, -0.15) is 0 Å². The summed E-state index contributed by atoms with van der Waals surface area (Å²) in [4.78, 5) is 11.4. The van der Waals surface area contributed by atoms with Crippen LogP contribution in [0.2, 0.25) is 0 Å². The van der Waals surface area contributed by atoms with Gasteiger partial charge < -0.3 is 10.5 Å². The first-order valence-electron chi connectivity index (χ1n) is 4.15. The average molecular weight is 179 g/mol. The number of carbonyl (C=O) groups excluding carboxylic acids is 1. The maximum Gasteiger partial charge on any atom is 0.166 e. The molecule has 3 nitrogen and oxygen atoms in total. The predicted octanol–water partition coefficient (Wildman–Crippen LogP) is 1.87. The summed E-state index contributed by atoms with van der Waals surface area (Å²) in [5.74, 6) is 0.630. The highest BCUT2D eigenvalue weighted by Gasteiger charge is 2.09. The molecule has 0 bridgehead atoms. The molecule has 1 aromatic rings. The minimum atomic E-state index is 0.0455. The van der Waals surface area contributed by atoms with Gasteiger partial charge in [0.2, 0.25) is 0 Å². The lowest BCUT2D eigenvalue weighted by Crippen LogP contribution is -2.01. The number of Topliss-reactive ketones (excluding diaryl/α,β-unsaturated/α-hetero) is 1. The van der Waals surface area contributed by atoms with Gasteiger partial charge in [-0.25, -0.2) is 0 Å². The van der Waals surface area contributed by atoms with Crippen molar-refractivity contribution >= 4 is 11.5 Å². The molecular formula is C10H13NO2. The van der Waals surface area contributed by atoms with Crippen LogP contribution >= 0.6 is 0 Å². The molecule has 0 radical (unpaired) electrons. The molecule has 0 aliphatic carbocycles. The fourth-order valence-corrected chi connectivity index (χ4v) is 1.13. The SMILES string of the molecule is CCC(=O)c1cc(N)ccc1OC. The van der Waals surface area contributed by atoms with Crippen molar-refractivity contribution in [1.29, 1.82) is 0 Å². The highest BCUT2D eigenvalue weighted by Crippen LogP contribution is 2.22. The van der Waals surface area contributed by atoms with Crippen molar-refractivity contribution in [2.75, 3.05) is 12.8 Å². The predicted molar refractivity (Wildman–Crippen MR) is 52.0 cm³/mol. The number of methoxy groups -OCH3 is 1. The number of hydrogen-bond donors (Lipinski definition) is 1. The van der Waals surface area contributed by atoms with Gasteiger partial charge >= 0.3 is 0 Å². The van der Waals surface area contributed by atoms with Crippen LogP contribution in [0.15, 0.2) is 18.2 Å². The first kappa shape index (κ1) is 9.58. The Kier molecular flexibility index (Phi) is 2.90. The molecule has 0 aromatic heterocycles. The molecule has 0 aliphatic heterocycles. The van der Waals surface area contributed by atoms with Crippen molar-refractivity contribution < 1.29 is 9.53 Å². The molecule has 0 saturated carbocycles. The highest BCUT2D eigenvalue weighted by molar-refractivity contribution is 5.99. The second kappa shape index (κ2) is 3.94. The monoisotopic (exact) mass is 179 g/mol. The Labute approximate surface area is 77.5 Å². The van der Waals surface area contributed by atoms with Crippen molar-refractivity contribution in [1.82, 2.24) is 0 Å². The summed E-state index contributed by atoms with van der Waals surface area (Å²) < 4.78 is 5.05. The van der Waals surface area contributed by atoms with Gasteiger partial charge in [0.25, 0.3) is 0 Å². The number of hydrogen-bond acceptors (Lipinski definition) is 3. The number of ether oxygens (including phenoxy) is 1. The Balaban J connectivity index is 3.15. The fraction of sp³-hybridized carbons (Fsp3) is 0.300. The van der Waals surface area contributed by atoms with E-state index in [2.05, 4.69) is 0 Å². The van der Waals surface area contributed by atoms with E-state index in [0.29, 0.717) is 23.4 Å². The van der Waals surface area contributed by atoms with Crippen LogP contribution in [0.3, 0.4) is 0 Å². The first-order valence-corrected chi connectivity index (χ1v) is 4.15. The third-order valence-corrected chi connectivity index (χ3v) is 1.85. The number of ketones is 1. The molecule has 0 unspecified atom stereocenters. The van der Waals surface area contributed by atoms with Gasteiger partial charge in [-0.05, 0) is 18.2 Å². The summed E-state index contributed by atoms with van der Waals surface area (Å²) in [6.07, 6.45) is 0.458. The Bertz CT molecular complexity index is 321.